The van der Waals surface area contributed by atoms with Crippen molar-refractivity contribution in [1.82, 2.24) is 4.98 Å². The molecule has 0 fully saturated rings. The molecule has 1 amide bonds. The molecule has 25 heavy (non-hydrogen) atoms. The van der Waals surface area contributed by atoms with E-state index in [1.807, 2.05) is 0 Å². The first kappa shape index (κ1) is 16.8. The summed E-state index contributed by atoms with van der Waals surface area (Å²) in [6.07, 6.45) is 1.16. The zero-order valence-electron chi connectivity index (χ0n) is 13.3. The van der Waals surface area contributed by atoms with Gasteiger partial charge in [0.2, 0.25) is 5.43 Å². The molecular formula is C17H14N2O5S. The van der Waals surface area contributed by atoms with Gasteiger partial charge in [0, 0.05) is 5.38 Å². The van der Waals surface area contributed by atoms with Crippen molar-refractivity contribution in [2.24, 2.45) is 0 Å². The van der Waals surface area contributed by atoms with Crippen molar-refractivity contribution in [3.8, 4) is 0 Å². The van der Waals surface area contributed by atoms with Gasteiger partial charge in [0.1, 0.15) is 17.4 Å². The highest BCUT2D eigenvalue weighted by molar-refractivity contribution is 7.14. The molecule has 1 N–H and O–H groups in total. The van der Waals surface area contributed by atoms with Crippen molar-refractivity contribution >= 4 is 39.3 Å². The molecule has 7 nitrogen and oxygen atoms in total. The Hall–Kier alpha value is -3.00. The van der Waals surface area contributed by atoms with Gasteiger partial charge < -0.3 is 9.15 Å². The van der Waals surface area contributed by atoms with Crippen LogP contribution in [0.5, 0.6) is 0 Å². The molecule has 0 unspecified atom stereocenters. The van der Waals surface area contributed by atoms with E-state index in [1.54, 1.807) is 36.6 Å². The topological polar surface area (TPSA) is 98.5 Å². The summed E-state index contributed by atoms with van der Waals surface area (Å²) in [7, 11) is 0. The maximum Gasteiger partial charge on any atom is 0.311 e. The molecule has 2 aromatic heterocycles. The van der Waals surface area contributed by atoms with Crippen LogP contribution in [0, 0.1) is 0 Å². The predicted molar refractivity (Wildman–Crippen MR) is 92.9 cm³/mol. The van der Waals surface area contributed by atoms with E-state index in [4.69, 9.17) is 9.15 Å². The van der Waals surface area contributed by atoms with Gasteiger partial charge in [-0.2, -0.15) is 0 Å². The van der Waals surface area contributed by atoms with Crippen molar-refractivity contribution in [2.45, 2.75) is 13.3 Å². The van der Waals surface area contributed by atoms with E-state index in [1.165, 1.54) is 0 Å². The fourth-order valence-electron chi connectivity index (χ4n) is 2.20. The third-order valence-electron chi connectivity index (χ3n) is 3.33. The summed E-state index contributed by atoms with van der Waals surface area (Å²) in [5.41, 5.74) is 0.378. The summed E-state index contributed by atoms with van der Waals surface area (Å²) in [6.45, 7) is 2.02. The normalized spacial score (nSPS) is 10.6. The van der Waals surface area contributed by atoms with E-state index in [0.29, 0.717) is 23.3 Å². The van der Waals surface area contributed by atoms with E-state index in [2.05, 4.69) is 10.3 Å². The molecule has 2 heterocycles. The second kappa shape index (κ2) is 7.27. The van der Waals surface area contributed by atoms with Gasteiger partial charge in [-0.1, -0.05) is 12.1 Å². The van der Waals surface area contributed by atoms with E-state index in [-0.39, 0.29) is 23.1 Å². The SMILES string of the molecule is CCOC(=O)Cc1csc(NC(=O)c2coc3ccccc3c2=O)n1. The minimum atomic E-state index is -0.614. The maximum atomic E-state index is 12.4. The minimum absolute atomic E-state index is 0.0261. The van der Waals surface area contributed by atoms with Crippen LogP contribution in [0.3, 0.4) is 0 Å². The summed E-state index contributed by atoms with van der Waals surface area (Å²) in [6, 6.07) is 6.69. The van der Waals surface area contributed by atoms with Gasteiger partial charge in [-0.3, -0.25) is 19.7 Å². The molecule has 0 radical (unpaired) electrons. The highest BCUT2D eigenvalue weighted by atomic mass is 32.1. The molecule has 128 valence electrons. The molecule has 0 aliphatic heterocycles. The number of para-hydroxylation sites is 1. The molecule has 3 aromatic rings. The first-order chi connectivity index (χ1) is 12.1. The number of carbonyl (C=O) groups is 2. The van der Waals surface area contributed by atoms with Crippen LogP contribution in [0.1, 0.15) is 23.0 Å². The van der Waals surface area contributed by atoms with Gasteiger partial charge in [0.15, 0.2) is 5.13 Å². The lowest BCUT2D eigenvalue weighted by Gasteiger charge is -2.02. The first-order valence-electron chi connectivity index (χ1n) is 7.50. The number of hydrogen-bond donors (Lipinski definition) is 1. The molecule has 0 atom stereocenters. The Balaban J connectivity index is 1.77. The molecule has 0 spiro atoms. The van der Waals surface area contributed by atoms with Crippen LogP contribution in [0.25, 0.3) is 11.0 Å². The number of esters is 1. The molecule has 3 rings (SSSR count). The van der Waals surface area contributed by atoms with Gasteiger partial charge >= 0.3 is 5.97 Å². The van der Waals surface area contributed by atoms with Crippen LogP contribution in [0.15, 0.2) is 45.1 Å². The van der Waals surface area contributed by atoms with Crippen molar-refractivity contribution in [2.75, 3.05) is 11.9 Å². The standard InChI is InChI=1S/C17H14N2O5S/c1-2-23-14(20)7-10-9-25-17(18-10)19-16(22)12-8-24-13-6-4-3-5-11(13)15(12)21/h3-6,8-9H,2,7H2,1H3,(H,18,19,22). The van der Waals surface area contributed by atoms with E-state index >= 15 is 0 Å². The molecule has 0 aliphatic rings. The number of amides is 1. The smallest absolute Gasteiger partial charge is 0.311 e. The number of nitrogens with one attached hydrogen (secondary N) is 1. The van der Waals surface area contributed by atoms with Crippen LogP contribution in [0.4, 0.5) is 5.13 Å². The van der Waals surface area contributed by atoms with Gasteiger partial charge in [0.05, 0.1) is 24.1 Å². The molecule has 0 saturated heterocycles. The number of hydrogen-bond acceptors (Lipinski definition) is 7. The Kier molecular flexibility index (Phi) is 4.90. The Bertz CT molecular complexity index is 992. The monoisotopic (exact) mass is 358 g/mol. The molecule has 0 aliphatic carbocycles. The van der Waals surface area contributed by atoms with Crippen molar-refractivity contribution in [1.29, 1.82) is 0 Å². The maximum absolute atomic E-state index is 12.4. The van der Waals surface area contributed by atoms with Gasteiger partial charge in [-0.05, 0) is 19.1 Å². The third-order valence-corrected chi connectivity index (χ3v) is 4.13. The van der Waals surface area contributed by atoms with Gasteiger partial charge in [0.25, 0.3) is 5.91 Å². The molecule has 0 bridgehead atoms. The number of ether oxygens (including phenoxy) is 1. The quantitative estimate of drug-likeness (QED) is 0.704. The second-order valence-corrected chi connectivity index (χ2v) is 5.91. The van der Waals surface area contributed by atoms with Crippen LogP contribution in [-0.2, 0) is 16.0 Å². The van der Waals surface area contributed by atoms with Crippen molar-refractivity contribution in [3.05, 3.63) is 57.4 Å². The summed E-state index contributed by atoms with van der Waals surface area (Å²) in [4.78, 5) is 40.3. The summed E-state index contributed by atoms with van der Waals surface area (Å²) >= 11 is 1.16. The Labute approximate surface area is 146 Å². The van der Waals surface area contributed by atoms with E-state index < -0.39 is 11.3 Å². The van der Waals surface area contributed by atoms with E-state index in [9.17, 15) is 14.4 Å². The van der Waals surface area contributed by atoms with Crippen LogP contribution < -0.4 is 10.7 Å². The average molecular weight is 358 g/mol. The lowest BCUT2D eigenvalue weighted by Crippen LogP contribution is -2.21. The molecule has 8 heteroatoms. The highest BCUT2D eigenvalue weighted by Crippen LogP contribution is 2.17. The number of nitrogens with zero attached hydrogens (tertiary/aromatic N) is 1. The van der Waals surface area contributed by atoms with Crippen LogP contribution >= 0.6 is 11.3 Å². The molecule has 0 saturated carbocycles. The lowest BCUT2D eigenvalue weighted by atomic mass is 10.1. The molecule has 1 aromatic carbocycles. The van der Waals surface area contributed by atoms with E-state index in [0.717, 1.165) is 17.6 Å². The summed E-state index contributed by atoms with van der Waals surface area (Å²) in [5.74, 6) is -1.00. The Morgan fingerprint density at radius 2 is 2.12 bits per heavy atom. The average Bonchev–Trinajstić information content (AvgIpc) is 3.02. The minimum Gasteiger partial charge on any atom is -0.466 e. The predicted octanol–water partition coefficient (Wildman–Crippen LogP) is 2.61. The lowest BCUT2D eigenvalue weighted by molar-refractivity contribution is -0.142. The number of anilines is 1. The van der Waals surface area contributed by atoms with Crippen molar-refractivity contribution in [3.63, 3.8) is 0 Å². The largest absolute Gasteiger partial charge is 0.466 e. The number of fused-ring (bicyclic) bond motifs is 1. The number of aromatic nitrogens is 1. The molecular weight excluding hydrogens is 344 g/mol. The summed E-state index contributed by atoms with van der Waals surface area (Å²) in [5, 5.41) is 4.81. The number of carbonyl (C=O) groups excluding carboxylic acids is 2. The highest BCUT2D eigenvalue weighted by Gasteiger charge is 2.16. The first-order valence-corrected chi connectivity index (χ1v) is 8.38. The van der Waals surface area contributed by atoms with Crippen LogP contribution in [-0.4, -0.2) is 23.5 Å². The Morgan fingerprint density at radius 1 is 1.32 bits per heavy atom. The third kappa shape index (κ3) is 3.74. The number of benzene rings is 1. The number of rotatable bonds is 5. The second-order valence-electron chi connectivity index (χ2n) is 5.05. The summed E-state index contributed by atoms with van der Waals surface area (Å²) < 4.78 is 10.2. The van der Waals surface area contributed by atoms with Gasteiger partial charge in [-0.25, -0.2) is 4.98 Å². The van der Waals surface area contributed by atoms with Crippen LogP contribution in [0.2, 0.25) is 0 Å². The van der Waals surface area contributed by atoms with Crippen molar-refractivity contribution < 1.29 is 18.7 Å². The Morgan fingerprint density at radius 3 is 2.92 bits per heavy atom. The zero-order valence-corrected chi connectivity index (χ0v) is 14.1. The zero-order chi connectivity index (χ0) is 17.8. The fraction of sp³-hybridized carbons (Fsp3) is 0.176. The fourth-order valence-corrected chi connectivity index (χ4v) is 2.91. The van der Waals surface area contributed by atoms with Gasteiger partial charge in [-0.15, -0.1) is 11.3 Å². The number of thiazole rings is 1.